The Morgan fingerprint density at radius 1 is 1.25 bits per heavy atom. The third kappa shape index (κ3) is 2.64. The van der Waals surface area contributed by atoms with E-state index in [0.29, 0.717) is 0 Å². The molecule has 0 amide bonds. The Morgan fingerprint density at radius 3 is 2.95 bits per heavy atom. The van der Waals surface area contributed by atoms with Crippen molar-refractivity contribution in [3.63, 3.8) is 0 Å². The van der Waals surface area contributed by atoms with E-state index in [1.165, 1.54) is 10.9 Å². The summed E-state index contributed by atoms with van der Waals surface area (Å²) in [5.74, 6) is 0.972. The van der Waals surface area contributed by atoms with Crippen LogP contribution in [0.2, 0.25) is 0 Å². The number of fused-ring (bicyclic) bond motifs is 1. The fourth-order valence-corrected chi connectivity index (χ4v) is 2.25. The minimum atomic E-state index is 0.782. The third-order valence-corrected chi connectivity index (χ3v) is 3.26. The topological polar surface area (TPSA) is 42.7 Å². The molecule has 20 heavy (non-hydrogen) atoms. The van der Waals surface area contributed by atoms with Gasteiger partial charge in [0, 0.05) is 29.9 Å². The molecule has 0 spiro atoms. The summed E-state index contributed by atoms with van der Waals surface area (Å²) in [5.41, 5.74) is 2.22. The molecule has 0 unspecified atom stereocenters. The van der Waals surface area contributed by atoms with Crippen molar-refractivity contribution < 1.29 is 0 Å². The zero-order chi connectivity index (χ0) is 13.8. The average molecular weight is 266 g/mol. The molecule has 3 aromatic rings. The van der Waals surface area contributed by atoms with Crippen LogP contribution in [-0.4, -0.2) is 21.1 Å². The number of benzene rings is 1. The summed E-state index contributed by atoms with van der Waals surface area (Å²) in [6.07, 6.45) is 6.68. The Balaban J connectivity index is 2.01. The summed E-state index contributed by atoms with van der Waals surface area (Å²) in [7, 11) is 0. The molecule has 4 heteroatoms. The summed E-state index contributed by atoms with van der Waals surface area (Å²) < 4.78 is 2.06. The maximum atomic E-state index is 4.75. The summed E-state index contributed by atoms with van der Waals surface area (Å²) in [5, 5.41) is 4.59. The number of hydrogen-bond acceptors (Lipinski definition) is 3. The first-order chi connectivity index (χ1) is 9.86. The van der Waals surface area contributed by atoms with E-state index in [4.69, 9.17) is 4.98 Å². The molecule has 4 nitrogen and oxygen atoms in total. The van der Waals surface area contributed by atoms with Crippen molar-refractivity contribution in [1.29, 1.82) is 0 Å². The van der Waals surface area contributed by atoms with Crippen LogP contribution in [0.5, 0.6) is 0 Å². The van der Waals surface area contributed by atoms with Gasteiger partial charge in [0.2, 0.25) is 0 Å². The third-order valence-electron chi connectivity index (χ3n) is 3.26. The van der Waals surface area contributed by atoms with Crippen molar-refractivity contribution in [3.05, 3.63) is 54.6 Å². The van der Waals surface area contributed by atoms with Crippen LogP contribution >= 0.6 is 0 Å². The second-order valence-electron chi connectivity index (χ2n) is 4.85. The molecule has 2 heterocycles. The Kier molecular flexibility index (Phi) is 3.63. The monoisotopic (exact) mass is 266 g/mol. The molecule has 0 saturated carbocycles. The predicted octanol–water partition coefficient (Wildman–Crippen LogP) is 3.30. The van der Waals surface area contributed by atoms with Crippen LogP contribution in [0, 0.1) is 0 Å². The first-order valence-corrected chi connectivity index (χ1v) is 6.95. The first-order valence-electron chi connectivity index (χ1n) is 6.95. The Morgan fingerprint density at radius 2 is 2.15 bits per heavy atom. The maximum absolute atomic E-state index is 4.75. The molecule has 1 N–H and O–H groups in total. The summed E-state index contributed by atoms with van der Waals surface area (Å²) in [4.78, 5) is 8.84. The average Bonchev–Trinajstić information content (AvgIpc) is 2.98. The summed E-state index contributed by atoms with van der Waals surface area (Å²) in [6.45, 7) is 3.87. The van der Waals surface area contributed by atoms with E-state index in [1.807, 2.05) is 30.7 Å². The fraction of sp³-hybridized carbons (Fsp3) is 0.250. The van der Waals surface area contributed by atoms with Gasteiger partial charge < -0.3 is 9.88 Å². The molecule has 0 aliphatic rings. The summed E-state index contributed by atoms with van der Waals surface area (Å²) >= 11 is 0. The smallest absolute Gasteiger partial charge is 0.131 e. The Bertz CT molecular complexity index is 689. The molecule has 0 atom stereocenters. The standard InChI is InChI=1S/C16H18N4/c1-2-7-18-16-14(11-20-9-8-17-12-20)10-13-5-3-4-6-15(13)19-16/h3-6,8-10,12H,2,7,11H2,1H3,(H,18,19). The van der Waals surface area contributed by atoms with Crippen molar-refractivity contribution in [2.45, 2.75) is 19.9 Å². The number of aromatic nitrogens is 3. The molecule has 1 aromatic carbocycles. The van der Waals surface area contributed by atoms with Gasteiger partial charge in [0.25, 0.3) is 0 Å². The molecule has 0 fully saturated rings. The molecule has 0 aliphatic heterocycles. The van der Waals surface area contributed by atoms with Crippen molar-refractivity contribution in [2.75, 3.05) is 11.9 Å². The van der Waals surface area contributed by atoms with Gasteiger partial charge in [-0.1, -0.05) is 25.1 Å². The number of nitrogens with zero attached hydrogens (tertiary/aromatic N) is 3. The van der Waals surface area contributed by atoms with E-state index in [1.54, 1.807) is 6.20 Å². The van der Waals surface area contributed by atoms with Crippen LogP contribution in [0.3, 0.4) is 0 Å². The van der Waals surface area contributed by atoms with Crippen molar-refractivity contribution >= 4 is 16.7 Å². The van der Waals surface area contributed by atoms with Crippen molar-refractivity contribution in [2.24, 2.45) is 0 Å². The van der Waals surface area contributed by atoms with Gasteiger partial charge >= 0.3 is 0 Å². The number of para-hydroxylation sites is 1. The minimum Gasteiger partial charge on any atom is -0.370 e. The zero-order valence-corrected chi connectivity index (χ0v) is 11.6. The lowest BCUT2D eigenvalue weighted by Crippen LogP contribution is -2.08. The number of imidazole rings is 1. The quantitative estimate of drug-likeness (QED) is 0.770. The van der Waals surface area contributed by atoms with E-state index in [2.05, 4.69) is 33.9 Å². The highest BCUT2D eigenvalue weighted by atomic mass is 15.0. The van der Waals surface area contributed by atoms with Crippen LogP contribution in [0.25, 0.3) is 10.9 Å². The van der Waals surface area contributed by atoms with Crippen LogP contribution in [0.15, 0.2) is 49.1 Å². The van der Waals surface area contributed by atoms with Crippen LogP contribution < -0.4 is 5.32 Å². The molecule has 0 bridgehead atoms. The highest BCUT2D eigenvalue weighted by Gasteiger charge is 2.07. The van der Waals surface area contributed by atoms with Gasteiger partial charge in [0.05, 0.1) is 18.4 Å². The van der Waals surface area contributed by atoms with Gasteiger partial charge in [-0.15, -0.1) is 0 Å². The number of pyridine rings is 1. The molecular formula is C16H18N4. The van der Waals surface area contributed by atoms with Gasteiger partial charge in [-0.2, -0.15) is 0 Å². The van der Waals surface area contributed by atoms with Gasteiger partial charge in [0.1, 0.15) is 5.82 Å². The first kappa shape index (κ1) is 12.7. The molecule has 0 aliphatic carbocycles. The lowest BCUT2D eigenvalue weighted by molar-refractivity contribution is 0.794. The number of anilines is 1. The molecule has 2 aromatic heterocycles. The lowest BCUT2D eigenvalue weighted by atomic mass is 10.1. The second-order valence-corrected chi connectivity index (χ2v) is 4.85. The molecule has 3 rings (SSSR count). The van der Waals surface area contributed by atoms with Gasteiger partial charge in [0.15, 0.2) is 0 Å². The van der Waals surface area contributed by atoms with Gasteiger partial charge in [-0.05, 0) is 18.6 Å². The molecule has 0 radical (unpaired) electrons. The van der Waals surface area contributed by atoms with Crippen molar-refractivity contribution in [1.82, 2.24) is 14.5 Å². The van der Waals surface area contributed by atoms with Gasteiger partial charge in [-0.3, -0.25) is 0 Å². The molecule has 0 saturated heterocycles. The zero-order valence-electron chi connectivity index (χ0n) is 11.6. The lowest BCUT2D eigenvalue weighted by Gasteiger charge is -2.12. The minimum absolute atomic E-state index is 0.782. The normalized spacial score (nSPS) is 10.8. The Hall–Kier alpha value is -2.36. The highest BCUT2D eigenvalue weighted by molar-refractivity contribution is 5.81. The van der Waals surface area contributed by atoms with E-state index in [0.717, 1.165) is 30.8 Å². The number of rotatable bonds is 5. The van der Waals surface area contributed by atoms with E-state index < -0.39 is 0 Å². The van der Waals surface area contributed by atoms with E-state index >= 15 is 0 Å². The maximum Gasteiger partial charge on any atom is 0.131 e. The Labute approximate surface area is 118 Å². The van der Waals surface area contributed by atoms with E-state index in [-0.39, 0.29) is 0 Å². The largest absolute Gasteiger partial charge is 0.370 e. The highest BCUT2D eigenvalue weighted by Crippen LogP contribution is 2.21. The number of hydrogen-bond donors (Lipinski definition) is 1. The van der Waals surface area contributed by atoms with Gasteiger partial charge in [-0.25, -0.2) is 9.97 Å². The SMILES string of the molecule is CCCNc1nc2ccccc2cc1Cn1ccnc1. The van der Waals surface area contributed by atoms with Crippen LogP contribution in [0.4, 0.5) is 5.82 Å². The van der Waals surface area contributed by atoms with Crippen LogP contribution in [0.1, 0.15) is 18.9 Å². The second kappa shape index (κ2) is 5.74. The molecular weight excluding hydrogens is 248 g/mol. The van der Waals surface area contributed by atoms with E-state index in [9.17, 15) is 0 Å². The van der Waals surface area contributed by atoms with Crippen molar-refractivity contribution in [3.8, 4) is 0 Å². The van der Waals surface area contributed by atoms with Crippen LogP contribution in [-0.2, 0) is 6.54 Å². The molecule has 102 valence electrons. The fourth-order valence-electron chi connectivity index (χ4n) is 2.25. The predicted molar refractivity (Wildman–Crippen MR) is 81.9 cm³/mol. The summed E-state index contributed by atoms with van der Waals surface area (Å²) in [6, 6.07) is 10.4. The number of nitrogens with one attached hydrogen (secondary N) is 1.